The molecule has 2 aromatic heterocycles. The van der Waals surface area contributed by atoms with E-state index in [9.17, 15) is 14.7 Å². The number of hydrogen-bond donors (Lipinski definition) is 2. The molecule has 1 aliphatic heterocycles. The van der Waals surface area contributed by atoms with Gasteiger partial charge in [-0.2, -0.15) is 0 Å². The van der Waals surface area contributed by atoms with Crippen molar-refractivity contribution in [3.8, 4) is 0 Å². The van der Waals surface area contributed by atoms with E-state index in [1.165, 1.54) is 0 Å². The van der Waals surface area contributed by atoms with Crippen molar-refractivity contribution in [1.82, 2.24) is 24.6 Å². The predicted octanol–water partition coefficient (Wildman–Crippen LogP) is -0.216. The van der Waals surface area contributed by atoms with Crippen LogP contribution >= 0.6 is 0 Å². The molecule has 8 heteroatoms. The average Bonchev–Trinajstić information content (AvgIpc) is 2.68. The van der Waals surface area contributed by atoms with Crippen molar-refractivity contribution in [2.75, 3.05) is 26.2 Å². The lowest BCUT2D eigenvalue weighted by Gasteiger charge is -2.22. The van der Waals surface area contributed by atoms with E-state index in [0.29, 0.717) is 36.8 Å². The van der Waals surface area contributed by atoms with Gasteiger partial charge in [-0.15, -0.1) is 0 Å². The van der Waals surface area contributed by atoms with Crippen LogP contribution in [-0.4, -0.2) is 62.4 Å². The third kappa shape index (κ3) is 2.52. The molecule has 2 aromatic rings. The van der Waals surface area contributed by atoms with Crippen LogP contribution in [0.1, 0.15) is 16.2 Å². The van der Waals surface area contributed by atoms with Gasteiger partial charge in [0.15, 0.2) is 0 Å². The van der Waals surface area contributed by atoms with Gasteiger partial charge in [0.25, 0.3) is 5.91 Å². The third-order valence-electron chi connectivity index (χ3n) is 3.81. The maximum absolute atomic E-state index is 12.8. The van der Waals surface area contributed by atoms with Crippen molar-refractivity contribution >= 4 is 17.7 Å². The average molecular weight is 303 g/mol. The molecule has 22 heavy (non-hydrogen) atoms. The predicted molar refractivity (Wildman–Crippen MR) is 77.6 cm³/mol. The first-order valence-electron chi connectivity index (χ1n) is 7.10. The van der Waals surface area contributed by atoms with Gasteiger partial charge in [0.05, 0.1) is 11.6 Å². The maximum Gasteiger partial charge on any atom is 0.309 e. The molecule has 3 heterocycles. The number of carbonyl (C=O) groups is 2. The summed E-state index contributed by atoms with van der Waals surface area (Å²) in [5.74, 6) is -1.26. The van der Waals surface area contributed by atoms with Crippen LogP contribution in [0, 0.1) is 12.8 Å². The lowest BCUT2D eigenvalue weighted by molar-refractivity contribution is -0.141. The summed E-state index contributed by atoms with van der Waals surface area (Å²) in [6, 6.07) is 1.73. The highest BCUT2D eigenvalue weighted by atomic mass is 16.4. The monoisotopic (exact) mass is 303 g/mol. The van der Waals surface area contributed by atoms with E-state index in [1.807, 2.05) is 0 Å². The Morgan fingerprint density at radius 1 is 1.45 bits per heavy atom. The van der Waals surface area contributed by atoms with Gasteiger partial charge in [0.2, 0.25) is 5.78 Å². The number of nitrogens with one attached hydrogen (secondary N) is 1. The minimum absolute atomic E-state index is 0.189. The summed E-state index contributed by atoms with van der Waals surface area (Å²) in [4.78, 5) is 34.0. The maximum atomic E-state index is 12.8. The number of carboxylic acids is 1. The van der Waals surface area contributed by atoms with E-state index in [1.54, 1.807) is 34.7 Å². The lowest BCUT2D eigenvalue weighted by Crippen LogP contribution is -2.38. The number of hydrogen-bond acceptors (Lipinski definition) is 5. The van der Waals surface area contributed by atoms with Crippen LogP contribution in [-0.2, 0) is 4.79 Å². The molecule has 0 unspecified atom stereocenters. The molecule has 0 spiro atoms. The highest BCUT2D eigenvalue weighted by molar-refractivity contribution is 5.94. The molecule has 8 nitrogen and oxygen atoms in total. The van der Waals surface area contributed by atoms with Gasteiger partial charge in [-0.3, -0.25) is 14.0 Å². The summed E-state index contributed by atoms with van der Waals surface area (Å²) in [7, 11) is 0. The minimum atomic E-state index is -0.899. The van der Waals surface area contributed by atoms with E-state index in [0.717, 1.165) is 0 Å². The molecule has 1 amide bonds. The molecule has 1 fully saturated rings. The molecule has 3 rings (SSSR count). The van der Waals surface area contributed by atoms with Crippen molar-refractivity contribution in [2.24, 2.45) is 5.92 Å². The second kappa shape index (κ2) is 5.72. The Balaban J connectivity index is 1.94. The number of imidazole rings is 1. The van der Waals surface area contributed by atoms with E-state index in [-0.39, 0.29) is 12.5 Å². The molecule has 1 saturated heterocycles. The smallest absolute Gasteiger partial charge is 0.309 e. The van der Waals surface area contributed by atoms with Crippen molar-refractivity contribution in [2.45, 2.75) is 6.92 Å². The number of fused-ring (bicyclic) bond motifs is 1. The van der Waals surface area contributed by atoms with Crippen molar-refractivity contribution in [3.63, 3.8) is 0 Å². The van der Waals surface area contributed by atoms with Crippen molar-refractivity contribution < 1.29 is 14.7 Å². The Kier molecular flexibility index (Phi) is 3.76. The van der Waals surface area contributed by atoms with Gasteiger partial charge in [0, 0.05) is 38.6 Å². The molecular weight excluding hydrogens is 286 g/mol. The van der Waals surface area contributed by atoms with Crippen LogP contribution in [0.4, 0.5) is 0 Å². The fourth-order valence-electron chi connectivity index (χ4n) is 2.67. The zero-order valence-electron chi connectivity index (χ0n) is 12.2. The highest BCUT2D eigenvalue weighted by Gasteiger charge is 2.29. The molecule has 1 aliphatic rings. The quantitative estimate of drug-likeness (QED) is 0.796. The summed E-state index contributed by atoms with van der Waals surface area (Å²) in [6.45, 7) is 3.35. The molecule has 1 atom stereocenters. The zero-order chi connectivity index (χ0) is 15.7. The number of aryl methyl sites for hydroxylation is 1. The van der Waals surface area contributed by atoms with E-state index >= 15 is 0 Å². The molecule has 0 radical (unpaired) electrons. The number of aromatic nitrogens is 3. The van der Waals surface area contributed by atoms with Gasteiger partial charge < -0.3 is 15.3 Å². The topological polar surface area (TPSA) is 99.8 Å². The normalized spacial score (nSPS) is 19.1. The van der Waals surface area contributed by atoms with Crippen LogP contribution in [0.3, 0.4) is 0 Å². The molecule has 0 aliphatic carbocycles. The highest BCUT2D eigenvalue weighted by Crippen LogP contribution is 2.15. The number of carboxylic acid groups (broad SMARTS) is 1. The van der Waals surface area contributed by atoms with Crippen LogP contribution < -0.4 is 5.32 Å². The first kappa shape index (κ1) is 14.5. The molecule has 0 aromatic carbocycles. The number of carbonyl (C=O) groups excluding carboxylic acids is 1. The molecular formula is C14H17N5O3. The SMILES string of the molecule is Cc1nc2ncccn2c1C(=O)N1CCNC[C@@H](C(=O)O)C1. The minimum Gasteiger partial charge on any atom is -0.481 e. The molecule has 0 bridgehead atoms. The van der Waals surface area contributed by atoms with Crippen molar-refractivity contribution in [3.05, 3.63) is 29.8 Å². The standard InChI is InChI=1S/C14H17N5O3/c1-9-11(19-5-2-3-16-14(19)17-9)12(20)18-6-4-15-7-10(8-18)13(21)22/h2-3,5,10,15H,4,6-8H2,1H3,(H,21,22)/t10-/m1/s1. The van der Waals surface area contributed by atoms with Gasteiger partial charge in [-0.05, 0) is 13.0 Å². The largest absolute Gasteiger partial charge is 0.481 e. The van der Waals surface area contributed by atoms with Gasteiger partial charge in [-0.1, -0.05) is 0 Å². The molecule has 116 valence electrons. The first-order chi connectivity index (χ1) is 10.6. The van der Waals surface area contributed by atoms with E-state index in [4.69, 9.17) is 0 Å². The second-order valence-corrected chi connectivity index (χ2v) is 5.33. The second-order valence-electron chi connectivity index (χ2n) is 5.33. The van der Waals surface area contributed by atoms with E-state index in [2.05, 4.69) is 15.3 Å². The summed E-state index contributed by atoms with van der Waals surface area (Å²) in [5.41, 5.74) is 1.03. The first-order valence-corrected chi connectivity index (χ1v) is 7.10. The number of nitrogens with zero attached hydrogens (tertiary/aromatic N) is 4. The summed E-state index contributed by atoms with van der Waals surface area (Å²) in [6.07, 6.45) is 3.35. The fourth-order valence-corrected chi connectivity index (χ4v) is 2.67. The Morgan fingerprint density at radius 3 is 3.05 bits per heavy atom. The number of rotatable bonds is 2. The Bertz CT molecular complexity index is 726. The third-order valence-corrected chi connectivity index (χ3v) is 3.81. The fraction of sp³-hybridized carbons (Fsp3) is 0.429. The molecule has 0 saturated carbocycles. The summed E-state index contributed by atoms with van der Waals surface area (Å²) >= 11 is 0. The van der Waals surface area contributed by atoms with Gasteiger partial charge in [-0.25, -0.2) is 9.97 Å². The van der Waals surface area contributed by atoms with Crippen LogP contribution in [0.15, 0.2) is 18.5 Å². The Labute approximate surface area is 126 Å². The summed E-state index contributed by atoms with van der Waals surface area (Å²) in [5, 5.41) is 12.3. The van der Waals surface area contributed by atoms with Gasteiger partial charge >= 0.3 is 5.97 Å². The van der Waals surface area contributed by atoms with Gasteiger partial charge in [0.1, 0.15) is 5.69 Å². The summed E-state index contributed by atoms with van der Waals surface area (Å²) < 4.78 is 1.64. The van der Waals surface area contributed by atoms with Crippen LogP contribution in [0.2, 0.25) is 0 Å². The number of aliphatic carboxylic acids is 1. The van der Waals surface area contributed by atoms with Crippen LogP contribution in [0.25, 0.3) is 5.78 Å². The number of amides is 1. The van der Waals surface area contributed by atoms with Crippen LogP contribution in [0.5, 0.6) is 0 Å². The Morgan fingerprint density at radius 2 is 2.27 bits per heavy atom. The van der Waals surface area contributed by atoms with E-state index < -0.39 is 11.9 Å². The lowest BCUT2D eigenvalue weighted by atomic mass is 10.1. The Hall–Kier alpha value is -2.48. The molecule has 2 N–H and O–H groups in total. The zero-order valence-corrected chi connectivity index (χ0v) is 12.2. The van der Waals surface area contributed by atoms with Crippen molar-refractivity contribution in [1.29, 1.82) is 0 Å².